The molecule has 0 bridgehead atoms. The summed E-state index contributed by atoms with van der Waals surface area (Å²) in [4.78, 5) is 15.0. The summed E-state index contributed by atoms with van der Waals surface area (Å²) < 4.78 is 14.8. The van der Waals surface area contributed by atoms with Crippen molar-refractivity contribution in [3.63, 3.8) is 0 Å². The van der Waals surface area contributed by atoms with Gasteiger partial charge in [0, 0.05) is 54.7 Å². The van der Waals surface area contributed by atoms with E-state index in [1.165, 1.54) is 0 Å². The van der Waals surface area contributed by atoms with Gasteiger partial charge >= 0.3 is 0 Å². The lowest BCUT2D eigenvalue weighted by atomic mass is 9.67. The summed E-state index contributed by atoms with van der Waals surface area (Å²) in [6.45, 7) is 0. The van der Waals surface area contributed by atoms with Crippen LogP contribution in [0.3, 0.4) is 0 Å². The first kappa shape index (κ1) is 33.7. The fourth-order valence-corrected chi connectivity index (χ4v) is 8.19. The lowest BCUT2D eigenvalue weighted by Gasteiger charge is -2.19. The Bertz CT molecular complexity index is 3450. The third-order valence-corrected chi connectivity index (χ3v) is 10.9. The molecule has 11 aromatic rings. The van der Waals surface area contributed by atoms with Crippen molar-refractivity contribution < 1.29 is 8.83 Å². The maximum atomic E-state index is 7.11. The molecule has 6 nitrogen and oxygen atoms in total. The maximum Gasteiger partial charge on any atom is 0.164 e. The molecule has 12 heteroatoms. The van der Waals surface area contributed by atoms with Crippen molar-refractivity contribution in [1.82, 2.24) is 19.5 Å². The zero-order valence-electron chi connectivity index (χ0n) is 30.1. The van der Waals surface area contributed by atoms with E-state index in [4.69, 9.17) is 70.9 Å². The first-order valence-corrected chi connectivity index (χ1v) is 18.2. The summed E-state index contributed by atoms with van der Waals surface area (Å²) in [7, 11) is 41.5. The Morgan fingerprint density at radius 1 is 0.404 bits per heavy atom. The number of hydrogen-bond acceptors (Lipinski definition) is 5. The van der Waals surface area contributed by atoms with Crippen LogP contribution in [0.25, 0.3) is 106 Å². The minimum atomic E-state index is 0.0937. The molecule has 7 aromatic carbocycles. The number of benzene rings is 7. The molecule has 0 aliphatic heterocycles. The SMILES string of the molecule is [B]c1c([B])c(-c2nc(-c3ccccc3)nc(-c3ccc4c(c3)oc3ccccc34)n2)c2c(oc3c([B])c(-n4c5ccccc5c5ccccc54)c([B])c([B])c32)c1[B]. The molecule has 4 aromatic heterocycles. The molecular weight excluding hydrogens is 693 g/mol. The van der Waals surface area contributed by atoms with Crippen LogP contribution in [0.1, 0.15) is 0 Å². The first-order valence-electron chi connectivity index (χ1n) is 18.2. The van der Waals surface area contributed by atoms with Gasteiger partial charge in [-0.15, -0.1) is 5.46 Å². The molecule has 0 atom stereocenters. The standard InChI is InChI=1S/C45H20B6N4O2/c46-34-32-31-33(45-53-43(21-10-2-1-3-11-21)52-44(54-45)22-18-19-26-25-14-6-9-17-29(25)56-30(26)20-22)35(47)36(48)38(50)41(31)57-42(32)39(51)40(37(34)49)55-27-15-7-4-12-23(27)24-13-5-8-16-28(24)55/h1-20H. The molecule has 0 aliphatic carbocycles. The van der Waals surface area contributed by atoms with Gasteiger partial charge in [0.1, 0.15) is 69.4 Å². The van der Waals surface area contributed by atoms with E-state index in [9.17, 15) is 0 Å². The van der Waals surface area contributed by atoms with Gasteiger partial charge in [-0.1, -0.05) is 113 Å². The van der Waals surface area contributed by atoms with Gasteiger partial charge in [0.05, 0.1) is 11.0 Å². The van der Waals surface area contributed by atoms with Gasteiger partial charge in [0.25, 0.3) is 0 Å². The first-order chi connectivity index (χ1) is 27.8. The van der Waals surface area contributed by atoms with Gasteiger partial charge < -0.3 is 13.4 Å². The molecule has 0 saturated carbocycles. The Labute approximate surface area is 333 Å². The number of rotatable bonds is 4. The summed E-state index contributed by atoms with van der Waals surface area (Å²) in [5.41, 5.74) is 7.07. The van der Waals surface area contributed by atoms with E-state index < -0.39 is 0 Å². The predicted molar refractivity (Wildman–Crippen MR) is 237 cm³/mol. The van der Waals surface area contributed by atoms with Gasteiger partial charge in [-0.05, 0) is 35.8 Å². The summed E-state index contributed by atoms with van der Waals surface area (Å²) in [6, 6.07) is 39.4. The second-order valence-electron chi connectivity index (χ2n) is 14.1. The Kier molecular flexibility index (Phi) is 7.34. The van der Waals surface area contributed by atoms with E-state index in [2.05, 4.69) is 12.1 Å². The third kappa shape index (κ3) is 4.83. The van der Waals surface area contributed by atoms with Gasteiger partial charge in [0.2, 0.25) is 0 Å². The molecule has 57 heavy (non-hydrogen) atoms. The highest BCUT2D eigenvalue weighted by Crippen LogP contribution is 2.37. The zero-order valence-corrected chi connectivity index (χ0v) is 30.1. The van der Waals surface area contributed by atoms with Crippen LogP contribution in [-0.2, 0) is 0 Å². The number of aromatic nitrogens is 4. The largest absolute Gasteiger partial charge is 0.457 e. The predicted octanol–water partition coefficient (Wildman–Crippen LogP) is 4.53. The molecule has 4 heterocycles. The van der Waals surface area contributed by atoms with Crippen molar-refractivity contribution in [2.45, 2.75) is 0 Å². The van der Waals surface area contributed by atoms with Gasteiger partial charge in [0.15, 0.2) is 17.5 Å². The van der Waals surface area contributed by atoms with E-state index in [1.54, 1.807) is 0 Å². The summed E-state index contributed by atoms with van der Waals surface area (Å²) >= 11 is 0. The molecule has 250 valence electrons. The molecule has 11 rings (SSSR count). The highest BCUT2D eigenvalue weighted by Gasteiger charge is 2.27. The van der Waals surface area contributed by atoms with Gasteiger partial charge in [-0.2, -0.15) is 0 Å². The van der Waals surface area contributed by atoms with E-state index in [0.717, 1.165) is 43.7 Å². The number of fused-ring (bicyclic) bond motifs is 9. The number of nitrogens with zero attached hydrogens (tertiary/aromatic N) is 4. The lowest BCUT2D eigenvalue weighted by Crippen LogP contribution is -2.41. The molecule has 0 aliphatic rings. The van der Waals surface area contributed by atoms with Crippen LogP contribution < -0.4 is 32.8 Å². The van der Waals surface area contributed by atoms with Crippen LogP contribution in [0.5, 0.6) is 0 Å². The fourth-order valence-electron chi connectivity index (χ4n) is 8.19. The minimum Gasteiger partial charge on any atom is -0.457 e. The van der Waals surface area contributed by atoms with Crippen LogP contribution in [0.4, 0.5) is 0 Å². The average molecular weight is 714 g/mol. The number of furan rings is 2. The van der Waals surface area contributed by atoms with E-state index >= 15 is 0 Å². The fraction of sp³-hybridized carbons (Fsp3) is 0. The van der Waals surface area contributed by atoms with Crippen LogP contribution in [-0.4, -0.2) is 66.6 Å². The highest BCUT2D eigenvalue weighted by atomic mass is 16.3. The van der Waals surface area contributed by atoms with Gasteiger partial charge in [-0.25, -0.2) is 15.0 Å². The van der Waals surface area contributed by atoms with Crippen molar-refractivity contribution >= 4 is 146 Å². The summed E-state index contributed by atoms with van der Waals surface area (Å²) in [5.74, 6) is 0.984. The van der Waals surface area contributed by atoms with E-state index in [-0.39, 0.29) is 49.8 Å². The van der Waals surface area contributed by atoms with Crippen molar-refractivity contribution in [2.24, 2.45) is 0 Å². The van der Waals surface area contributed by atoms with E-state index in [0.29, 0.717) is 44.8 Å². The quantitative estimate of drug-likeness (QED) is 0.251. The monoisotopic (exact) mass is 714 g/mol. The van der Waals surface area contributed by atoms with Crippen LogP contribution >= 0.6 is 0 Å². The topological polar surface area (TPSA) is 69.9 Å². The van der Waals surface area contributed by atoms with Crippen molar-refractivity contribution in [3.05, 3.63) is 121 Å². The van der Waals surface area contributed by atoms with Crippen LogP contribution in [0.2, 0.25) is 0 Å². The molecule has 0 amide bonds. The Morgan fingerprint density at radius 2 is 0.982 bits per heavy atom. The Balaban J connectivity index is 1.21. The number of hydrogen-bond donors (Lipinski definition) is 0. The summed E-state index contributed by atoms with van der Waals surface area (Å²) in [5, 5.41) is 4.87. The molecule has 0 fully saturated rings. The van der Waals surface area contributed by atoms with Crippen LogP contribution in [0.15, 0.2) is 130 Å². The minimum absolute atomic E-state index is 0.0937. The number of para-hydroxylation sites is 3. The second kappa shape index (κ2) is 12.4. The smallest absolute Gasteiger partial charge is 0.164 e. The third-order valence-electron chi connectivity index (χ3n) is 10.9. The van der Waals surface area contributed by atoms with E-state index in [1.807, 2.05) is 114 Å². The molecule has 0 unspecified atom stereocenters. The van der Waals surface area contributed by atoms with Crippen LogP contribution in [0, 0.1) is 0 Å². The maximum absolute atomic E-state index is 7.11. The highest BCUT2D eigenvalue weighted by molar-refractivity contribution is 6.64. The zero-order chi connectivity index (χ0) is 38.7. The second-order valence-corrected chi connectivity index (χ2v) is 14.1. The summed E-state index contributed by atoms with van der Waals surface area (Å²) in [6.07, 6.45) is 0. The lowest BCUT2D eigenvalue weighted by molar-refractivity contribution is 0.669. The average Bonchev–Trinajstić information content (AvgIpc) is 3.93. The molecular formula is C45H20B6N4O2. The molecule has 12 radical (unpaired) electrons. The molecule has 0 saturated heterocycles. The Hall–Kier alpha value is -6.66. The van der Waals surface area contributed by atoms with Gasteiger partial charge in [-0.3, -0.25) is 0 Å². The normalized spacial score (nSPS) is 11.9. The molecule has 0 N–H and O–H groups in total. The van der Waals surface area contributed by atoms with Crippen molar-refractivity contribution in [1.29, 1.82) is 0 Å². The van der Waals surface area contributed by atoms with Crippen molar-refractivity contribution in [3.8, 4) is 39.9 Å². The molecule has 0 spiro atoms. The van der Waals surface area contributed by atoms with Crippen molar-refractivity contribution in [2.75, 3.05) is 0 Å². The Morgan fingerprint density at radius 3 is 1.70 bits per heavy atom.